The van der Waals surface area contributed by atoms with Crippen LogP contribution in [0.1, 0.15) is 0 Å². The molecule has 66 valence electrons. The van der Waals surface area contributed by atoms with Crippen molar-refractivity contribution in [3.8, 4) is 0 Å². The molecule has 0 amide bonds. The highest BCUT2D eigenvalue weighted by Gasteiger charge is 2.42. The van der Waals surface area contributed by atoms with Gasteiger partial charge < -0.3 is 14.9 Å². The van der Waals surface area contributed by atoms with Gasteiger partial charge in [0.2, 0.25) is 5.78 Å². The molecular weight excluding hydrogens is 168 g/mol. The smallest absolute Gasteiger partial charge is 0.383 e. The van der Waals surface area contributed by atoms with Crippen LogP contribution in [0.5, 0.6) is 0 Å². The molecule has 2 atom stereocenters. The minimum absolute atomic E-state index is 0.689. The molecule has 0 bridgehead atoms. The minimum atomic E-state index is -1.74. The van der Waals surface area contributed by atoms with Crippen molar-refractivity contribution in [3.63, 3.8) is 0 Å². The number of hydrogen-bond acceptors (Lipinski definition) is 6. The Labute approximate surface area is 66.7 Å². The van der Waals surface area contributed by atoms with Crippen LogP contribution in [0.4, 0.5) is 0 Å². The van der Waals surface area contributed by atoms with Gasteiger partial charge in [0.05, 0.1) is 6.61 Å². The standard InChI is InChI=1S/C6H6O6/c7-1-2-3(8)4(9)5(10)6(11)12-2/h2-3,7-8H,1H2/t2-,3+/m0/s1. The highest BCUT2D eigenvalue weighted by Crippen LogP contribution is 2.08. The fourth-order valence-corrected chi connectivity index (χ4v) is 0.796. The zero-order valence-corrected chi connectivity index (χ0v) is 5.89. The van der Waals surface area contributed by atoms with Crippen molar-refractivity contribution in [2.45, 2.75) is 12.2 Å². The zero-order valence-electron chi connectivity index (χ0n) is 5.89. The molecule has 2 N–H and O–H groups in total. The fraction of sp³-hybridized carbons (Fsp3) is 0.500. The lowest BCUT2D eigenvalue weighted by atomic mass is 10.0. The summed E-state index contributed by atoms with van der Waals surface area (Å²) in [7, 11) is 0. The Morgan fingerprint density at radius 2 is 1.92 bits per heavy atom. The molecule has 0 spiro atoms. The Morgan fingerprint density at radius 1 is 1.33 bits per heavy atom. The molecule has 1 aliphatic heterocycles. The van der Waals surface area contributed by atoms with Crippen LogP contribution in [0.3, 0.4) is 0 Å². The van der Waals surface area contributed by atoms with Crippen molar-refractivity contribution in [1.82, 2.24) is 0 Å². The van der Waals surface area contributed by atoms with Crippen molar-refractivity contribution in [3.05, 3.63) is 0 Å². The number of aliphatic hydroxyl groups is 2. The van der Waals surface area contributed by atoms with E-state index in [4.69, 9.17) is 10.2 Å². The van der Waals surface area contributed by atoms with Gasteiger partial charge in [0.1, 0.15) is 0 Å². The molecule has 1 saturated heterocycles. The van der Waals surface area contributed by atoms with Crippen LogP contribution in [-0.4, -0.2) is 46.6 Å². The van der Waals surface area contributed by atoms with Crippen LogP contribution < -0.4 is 0 Å². The summed E-state index contributed by atoms with van der Waals surface area (Å²) in [6.07, 6.45) is -3.05. The van der Waals surface area contributed by atoms with E-state index >= 15 is 0 Å². The van der Waals surface area contributed by atoms with E-state index in [1.807, 2.05) is 0 Å². The van der Waals surface area contributed by atoms with E-state index < -0.39 is 36.4 Å². The number of esters is 1. The van der Waals surface area contributed by atoms with E-state index in [2.05, 4.69) is 4.74 Å². The van der Waals surface area contributed by atoms with Crippen molar-refractivity contribution in [2.24, 2.45) is 0 Å². The Balaban J connectivity index is 2.84. The Hall–Kier alpha value is -1.27. The average Bonchev–Trinajstić information content (AvgIpc) is 2.08. The van der Waals surface area contributed by atoms with Gasteiger partial charge in [-0.1, -0.05) is 0 Å². The Kier molecular flexibility index (Phi) is 2.20. The summed E-state index contributed by atoms with van der Waals surface area (Å²) in [5.74, 6) is -3.94. The van der Waals surface area contributed by atoms with Crippen LogP contribution >= 0.6 is 0 Å². The van der Waals surface area contributed by atoms with Gasteiger partial charge in [0, 0.05) is 0 Å². The van der Waals surface area contributed by atoms with Gasteiger partial charge in [0.15, 0.2) is 12.2 Å². The molecule has 6 nitrogen and oxygen atoms in total. The number of carbonyl (C=O) groups excluding carboxylic acids is 3. The van der Waals surface area contributed by atoms with E-state index in [1.54, 1.807) is 0 Å². The molecule has 0 aromatic rings. The molecule has 0 aromatic carbocycles. The third kappa shape index (κ3) is 1.21. The summed E-state index contributed by atoms with van der Waals surface area (Å²) in [4.78, 5) is 31.7. The quantitative estimate of drug-likeness (QED) is 0.334. The normalized spacial score (nSPS) is 30.3. The van der Waals surface area contributed by atoms with Crippen LogP contribution in [0.15, 0.2) is 0 Å². The molecule has 1 heterocycles. The monoisotopic (exact) mass is 174 g/mol. The third-order valence-corrected chi connectivity index (χ3v) is 1.47. The van der Waals surface area contributed by atoms with E-state index in [-0.39, 0.29) is 0 Å². The first kappa shape index (κ1) is 8.82. The molecule has 0 radical (unpaired) electrons. The molecular formula is C6H6O6. The van der Waals surface area contributed by atoms with E-state index in [0.29, 0.717) is 0 Å². The molecule has 0 aromatic heterocycles. The van der Waals surface area contributed by atoms with Crippen LogP contribution in [-0.2, 0) is 19.1 Å². The lowest BCUT2D eigenvalue weighted by Gasteiger charge is -2.23. The van der Waals surface area contributed by atoms with Crippen LogP contribution in [0.2, 0.25) is 0 Å². The van der Waals surface area contributed by atoms with Crippen LogP contribution in [0, 0.1) is 0 Å². The molecule has 1 fully saturated rings. The SMILES string of the molecule is O=C1O[C@@H](CO)[C@@H](O)C(=O)C1=O. The van der Waals surface area contributed by atoms with Gasteiger partial charge in [-0.2, -0.15) is 0 Å². The maximum atomic E-state index is 10.7. The first-order valence-electron chi connectivity index (χ1n) is 3.16. The summed E-state index contributed by atoms with van der Waals surface area (Å²) in [6, 6.07) is 0. The number of hydrogen-bond donors (Lipinski definition) is 2. The predicted molar refractivity (Wildman–Crippen MR) is 33.0 cm³/mol. The summed E-state index contributed by atoms with van der Waals surface area (Å²) in [6.45, 7) is -0.689. The molecule has 12 heavy (non-hydrogen) atoms. The van der Waals surface area contributed by atoms with Gasteiger partial charge in [-0.05, 0) is 0 Å². The molecule has 0 aliphatic carbocycles. The number of Topliss-reactive ketones (excluding diaryl/α,β-unsaturated/α-hetero) is 2. The van der Waals surface area contributed by atoms with Gasteiger partial charge >= 0.3 is 11.8 Å². The summed E-state index contributed by atoms with van der Waals surface area (Å²) in [5, 5.41) is 17.4. The van der Waals surface area contributed by atoms with E-state index in [9.17, 15) is 14.4 Å². The Bertz CT molecular complexity index is 244. The van der Waals surface area contributed by atoms with Crippen LogP contribution in [0.25, 0.3) is 0 Å². The second-order valence-electron chi connectivity index (χ2n) is 2.26. The largest absolute Gasteiger partial charge is 0.451 e. The topological polar surface area (TPSA) is 101 Å². The summed E-state index contributed by atoms with van der Waals surface area (Å²) in [5.41, 5.74) is 0. The van der Waals surface area contributed by atoms with Crippen molar-refractivity contribution < 1.29 is 29.3 Å². The zero-order chi connectivity index (χ0) is 9.30. The highest BCUT2D eigenvalue weighted by atomic mass is 16.6. The lowest BCUT2D eigenvalue weighted by molar-refractivity contribution is -0.177. The number of aliphatic hydroxyl groups excluding tert-OH is 2. The number of cyclic esters (lactones) is 1. The predicted octanol–water partition coefficient (Wildman–Crippen LogP) is -2.60. The lowest BCUT2D eigenvalue weighted by Crippen LogP contribution is -2.51. The van der Waals surface area contributed by atoms with E-state index in [1.165, 1.54) is 0 Å². The molecule has 0 unspecified atom stereocenters. The highest BCUT2D eigenvalue weighted by molar-refractivity contribution is 6.63. The van der Waals surface area contributed by atoms with Gasteiger partial charge in [-0.25, -0.2) is 4.79 Å². The van der Waals surface area contributed by atoms with Gasteiger partial charge in [-0.15, -0.1) is 0 Å². The summed E-state index contributed by atoms with van der Waals surface area (Å²) >= 11 is 0. The second-order valence-corrected chi connectivity index (χ2v) is 2.26. The van der Waals surface area contributed by atoms with Crippen molar-refractivity contribution in [2.75, 3.05) is 6.61 Å². The minimum Gasteiger partial charge on any atom is -0.451 e. The molecule has 6 heteroatoms. The third-order valence-electron chi connectivity index (χ3n) is 1.47. The first-order valence-corrected chi connectivity index (χ1v) is 3.16. The van der Waals surface area contributed by atoms with E-state index in [0.717, 1.165) is 0 Å². The number of carbonyl (C=O) groups is 3. The number of ketones is 2. The Morgan fingerprint density at radius 3 is 2.42 bits per heavy atom. The average molecular weight is 174 g/mol. The molecule has 1 rings (SSSR count). The maximum absolute atomic E-state index is 10.7. The second kappa shape index (κ2) is 3.00. The van der Waals surface area contributed by atoms with Gasteiger partial charge in [0.25, 0.3) is 0 Å². The fourth-order valence-electron chi connectivity index (χ4n) is 0.796. The molecule has 1 aliphatic rings. The number of ether oxygens (including phenoxy) is 1. The molecule has 0 saturated carbocycles. The summed E-state index contributed by atoms with van der Waals surface area (Å²) < 4.78 is 4.22. The van der Waals surface area contributed by atoms with Crippen molar-refractivity contribution in [1.29, 1.82) is 0 Å². The van der Waals surface area contributed by atoms with Gasteiger partial charge in [-0.3, -0.25) is 9.59 Å². The van der Waals surface area contributed by atoms with Crippen molar-refractivity contribution >= 4 is 17.5 Å². The first-order chi connectivity index (χ1) is 5.57. The number of rotatable bonds is 1. The maximum Gasteiger partial charge on any atom is 0.383 e.